The van der Waals surface area contributed by atoms with Gasteiger partial charge in [0.1, 0.15) is 12.2 Å². The van der Waals surface area contributed by atoms with Crippen LogP contribution in [0.25, 0.3) is 0 Å². The standard InChI is InChI=1S/C10H13BNO2S/c1-14-10(13)8-6-12-9(15-8)7-2-4-11-5-3-7/h6-7H,2-5H2,1H3. The molecule has 1 fully saturated rings. The van der Waals surface area contributed by atoms with Gasteiger partial charge < -0.3 is 4.74 Å². The van der Waals surface area contributed by atoms with E-state index in [9.17, 15) is 4.79 Å². The third-order valence-electron chi connectivity index (χ3n) is 2.70. The van der Waals surface area contributed by atoms with Gasteiger partial charge in [0.25, 0.3) is 0 Å². The normalized spacial score (nSPS) is 17.1. The summed E-state index contributed by atoms with van der Waals surface area (Å²) < 4.78 is 4.66. The summed E-state index contributed by atoms with van der Waals surface area (Å²) in [7, 11) is 3.72. The average Bonchev–Trinajstić information content (AvgIpc) is 2.78. The van der Waals surface area contributed by atoms with Crippen LogP contribution in [0.2, 0.25) is 12.6 Å². The van der Waals surface area contributed by atoms with Crippen LogP contribution in [0, 0.1) is 0 Å². The van der Waals surface area contributed by atoms with Gasteiger partial charge in [0.2, 0.25) is 0 Å². The number of hydrogen-bond donors (Lipinski definition) is 0. The molecule has 0 saturated carbocycles. The van der Waals surface area contributed by atoms with E-state index in [-0.39, 0.29) is 5.97 Å². The van der Waals surface area contributed by atoms with E-state index in [0.717, 1.165) is 30.5 Å². The van der Waals surface area contributed by atoms with Crippen LogP contribution in [0.4, 0.5) is 0 Å². The molecule has 79 valence electrons. The Kier molecular flexibility index (Phi) is 3.41. The maximum atomic E-state index is 11.3. The van der Waals surface area contributed by atoms with Crippen molar-refractivity contribution in [3.63, 3.8) is 0 Å². The number of methoxy groups -OCH3 is 1. The molecule has 0 amide bonds. The fraction of sp³-hybridized carbons (Fsp3) is 0.600. The van der Waals surface area contributed by atoms with Gasteiger partial charge in [0, 0.05) is 5.92 Å². The Morgan fingerprint density at radius 2 is 2.33 bits per heavy atom. The van der Waals surface area contributed by atoms with E-state index in [1.54, 1.807) is 6.20 Å². The van der Waals surface area contributed by atoms with E-state index in [2.05, 4.69) is 17.0 Å². The molecule has 0 aliphatic carbocycles. The van der Waals surface area contributed by atoms with Crippen LogP contribution >= 0.6 is 11.3 Å². The SMILES string of the molecule is COC(=O)c1cnc(C2CC[B]CC2)s1. The first-order valence-electron chi connectivity index (χ1n) is 5.17. The molecule has 5 heteroatoms. The first kappa shape index (κ1) is 10.7. The van der Waals surface area contributed by atoms with Crippen molar-refractivity contribution in [1.29, 1.82) is 0 Å². The molecule has 2 heterocycles. The van der Waals surface area contributed by atoms with Gasteiger partial charge in [0.15, 0.2) is 0 Å². The van der Waals surface area contributed by atoms with Crippen molar-refractivity contribution in [2.75, 3.05) is 7.11 Å². The van der Waals surface area contributed by atoms with Crippen molar-refractivity contribution in [1.82, 2.24) is 4.98 Å². The van der Waals surface area contributed by atoms with Crippen LogP contribution in [-0.4, -0.2) is 25.3 Å². The van der Waals surface area contributed by atoms with Crippen LogP contribution in [0.15, 0.2) is 6.20 Å². The molecule has 0 unspecified atom stereocenters. The van der Waals surface area contributed by atoms with Crippen molar-refractivity contribution in [2.45, 2.75) is 31.4 Å². The van der Waals surface area contributed by atoms with E-state index < -0.39 is 0 Å². The van der Waals surface area contributed by atoms with Crippen molar-refractivity contribution in [3.8, 4) is 0 Å². The third-order valence-corrected chi connectivity index (χ3v) is 3.84. The summed E-state index contributed by atoms with van der Waals surface area (Å²) in [4.78, 5) is 16.2. The monoisotopic (exact) mass is 222 g/mol. The quantitative estimate of drug-likeness (QED) is 0.569. The molecule has 0 bridgehead atoms. The van der Waals surface area contributed by atoms with E-state index >= 15 is 0 Å². The Balaban J connectivity index is 2.08. The second kappa shape index (κ2) is 4.79. The molecule has 1 aromatic heterocycles. The van der Waals surface area contributed by atoms with Gasteiger partial charge >= 0.3 is 5.97 Å². The van der Waals surface area contributed by atoms with Crippen LogP contribution in [0.3, 0.4) is 0 Å². The number of hydrogen-bond acceptors (Lipinski definition) is 4. The molecule has 15 heavy (non-hydrogen) atoms. The summed E-state index contributed by atoms with van der Waals surface area (Å²) in [5, 5.41) is 1.09. The predicted octanol–water partition coefficient (Wildman–Crippen LogP) is 2.35. The molecular weight excluding hydrogens is 209 g/mol. The molecule has 1 radical (unpaired) electrons. The molecule has 0 atom stereocenters. The number of ether oxygens (including phenoxy) is 1. The lowest BCUT2D eigenvalue weighted by molar-refractivity contribution is 0.0606. The topological polar surface area (TPSA) is 39.2 Å². The number of carbonyl (C=O) groups excluding carboxylic acids is 1. The number of thiazole rings is 1. The van der Waals surface area contributed by atoms with Gasteiger partial charge in [-0.1, -0.05) is 25.5 Å². The summed E-state index contributed by atoms with van der Waals surface area (Å²) >= 11 is 1.47. The lowest BCUT2D eigenvalue weighted by Crippen LogP contribution is -2.07. The van der Waals surface area contributed by atoms with Gasteiger partial charge in [-0.3, -0.25) is 0 Å². The third kappa shape index (κ3) is 2.40. The lowest BCUT2D eigenvalue weighted by Gasteiger charge is -2.18. The number of nitrogens with zero attached hydrogens (tertiary/aromatic N) is 1. The zero-order valence-corrected chi connectivity index (χ0v) is 9.55. The highest BCUT2D eigenvalue weighted by molar-refractivity contribution is 7.13. The van der Waals surface area contributed by atoms with E-state index in [1.807, 2.05) is 0 Å². The van der Waals surface area contributed by atoms with Crippen LogP contribution in [0.1, 0.15) is 33.4 Å². The number of aromatic nitrogens is 1. The van der Waals surface area contributed by atoms with Gasteiger partial charge in [-0.05, 0) is 0 Å². The van der Waals surface area contributed by atoms with Gasteiger partial charge in [0.05, 0.1) is 18.3 Å². The first-order chi connectivity index (χ1) is 7.31. The maximum absolute atomic E-state index is 11.3. The fourth-order valence-electron chi connectivity index (χ4n) is 1.85. The average molecular weight is 222 g/mol. The minimum atomic E-state index is -0.277. The zero-order chi connectivity index (χ0) is 10.7. The van der Waals surface area contributed by atoms with Gasteiger partial charge in [-0.2, -0.15) is 0 Å². The molecular formula is C10H13BNO2S. The highest BCUT2D eigenvalue weighted by Crippen LogP contribution is 2.33. The van der Waals surface area contributed by atoms with Crippen LogP contribution in [0.5, 0.6) is 0 Å². The highest BCUT2D eigenvalue weighted by atomic mass is 32.1. The first-order valence-corrected chi connectivity index (χ1v) is 5.98. The molecule has 1 aromatic rings. The molecule has 0 aromatic carbocycles. The van der Waals surface area contributed by atoms with Crippen molar-refractivity contribution in [2.24, 2.45) is 0 Å². The Bertz CT molecular complexity index is 347. The summed E-state index contributed by atoms with van der Waals surface area (Å²) in [6.45, 7) is 0. The molecule has 1 aliphatic rings. The number of carbonyl (C=O) groups is 1. The molecule has 1 saturated heterocycles. The van der Waals surface area contributed by atoms with Gasteiger partial charge in [-0.15, -0.1) is 11.3 Å². The fourth-order valence-corrected chi connectivity index (χ4v) is 2.85. The van der Waals surface area contributed by atoms with Gasteiger partial charge in [-0.25, -0.2) is 9.78 Å². The zero-order valence-electron chi connectivity index (χ0n) is 8.73. The second-order valence-corrected chi connectivity index (χ2v) is 4.76. The van der Waals surface area contributed by atoms with E-state index in [0.29, 0.717) is 10.8 Å². The van der Waals surface area contributed by atoms with Crippen molar-refractivity contribution in [3.05, 3.63) is 16.1 Å². The highest BCUT2D eigenvalue weighted by Gasteiger charge is 2.20. The predicted molar refractivity (Wildman–Crippen MR) is 60.8 cm³/mol. The molecule has 2 rings (SSSR count). The molecule has 1 aliphatic heterocycles. The largest absolute Gasteiger partial charge is 0.465 e. The molecule has 0 spiro atoms. The number of rotatable bonds is 2. The van der Waals surface area contributed by atoms with Crippen LogP contribution in [-0.2, 0) is 4.74 Å². The Hall–Kier alpha value is -0.835. The van der Waals surface area contributed by atoms with Crippen LogP contribution < -0.4 is 0 Å². The molecule has 3 nitrogen and oxygen atoms in total. The minimum absolute atomic E-state index is 0.277. The van der Waals surface area contributed by atoms with E-state index in [1.165, 1.54) is 18.4 Å². The Morgan fingerprint density at radius 3 is 3.00 bits per heavy atom. The summed E-state index contributed by atoms with van der Waals surface area (Å²) in [5.41, 5.74) is 0. The maximum Gasteiger partial charge on any atom is 0.349 e. The van der Waals surface area contributed by atoms with Crippen molar-refractivity contribution >= 4 is 24.6 Å². The minimum Gasteiger partial charge on any atom is -0.465 e. The summed E-state index contributed by atoms with van der Waals surface area (Å²) in [5.74, 6) is 0.263. The summed E-state index contributed by atoms with van der Waals surface area (Å²) in [6, 6.07) is 0. The van der Waals surface area contributed by atoms with E-state index in [4.69, 9.17) is 0 Å². The lowest BCUT2D eigenvalue weighted by atomic mass is 9.61. The second-order valence-electron chi connectivity index (χ2n) is 3.69. The molecule has 0 N–H and O–H groups in total. The number of esters is 1. The summed E-state index contributed by atoms with van der Waals surface area (Å²) in [6.07, 6.45) is 6.28. The smallest absolute Gasteiger partial charge is 0.349 e. The van der Waals surface area contributed by atoms with Crippen molar-refractivity contribution < 1.29 is 9.53 Å². The Morgan fingerprint density at radius 1 is 1.60 bits per heavy atom. The Labute approximate surface area is 94.1 Å².